The lowest BCUT2D eigenvalue weighted by Crippen LogP contribution is -2.22. The zero-order valence-corrected chi connectivity index (χ0v) is 19.8. The molecule has 0 radical (unpaired) electrons. The Morgan fingerprint density at radius 3 is 2.33 bits per heavy atom. The van der Waals surface area contributed by atoms with Crippen molar-refractivity contribution in [1.29, 1.82) is 0 Å². The molecule has 0 saturated carbocycles. The fourth-order valence-electron chi connectivity index (χ4n) is 3.08. The number of nitrogens with zero attached hydrogens (tertiary/aromatic N) is 2. The number of sulfonamides is 1. The van der Waals surface area contributed by atoms with Gasteiger partial charge in [-0.3, -0.25) is 14.5 Å². The van der Waals surface area contributed by atoms with Crippen LogP contribution < -0.4 is 10.0 Å². The van der Waals surface area contributed by atoms with Gasteiger partial charge in [0.05, 0.1) is 22.8 Å². The van der Waals surface area contributed by atoms with Gasteiger partial charge in [0.15, 0.2) is 0 Å². The van der Waals surface area contributed by atoms with Gasteiger partial charge in [0.2, 0.25) is 0 Å². The highest BCUT2D eigenvalue weighted by atomic mass is 35.5. The summed E-state index contributed by atoms with van der Waals surface area (Å²) in [6, 6.07) is 16.3. The smallest absolute Gasteiger partial charge is 0.261 e. The quantitative estimate of drug-likeness (QED) is 0.377. The molecule has 0 atom stereocenters. The van der Waals surface area contributed by atoms with Crippen LogP contribution in [0.2, 0.25) is 5.02 Å². The van der Waals surface area contributed by atoms with Gasteiger partial charge in [0, 0.05) is 33.4 Å². The first-order valence-electron chi connectivity index (χ1n) is 9.85. The summed E-state index contributed by atoms with van der Waals surface area (Å²) < 4.78 is 27.5. The van der Waals surface area contributed by atoms with Crippen LogP contribution in [0.1, 0.15) is 20.2 Å². The van der Waals surface area contributed by atoms with Crippen LogP contribution in [0.4, 0.5) is 5.69 Å². The van der Waals surface area contributed by atoms with E-state index in [4.69, 9.17) is 11.6 Å². The van der Waals surface area contributed by atoms with Crippen LogP contribution in [0.25, 0.3) is 11.3 Å². The van der Waals surface area contributed by atoms with Crippen molar-refractivity contribution in [1.82, 2.24) is 15.3 Å². The molecule has 2 N–H and O–H groups in total. The molecule has 2 aromatic heterocycles. The molecular formula is C23H19ClN4O3S2. The van der Waals surface area contributed by atoms with Crippen molar-refractivity contribution in [3.05, 3.63) is 93.5 Å². The largest absolute Gasteiger partial charge is 0.346 e. The molecular weight excluding hydrogens is 480 g/mol. The number of hydrogen-bond acceptors (Lipinski definition) is 6. The fraction of sp³-hybridized carbons (Fsp3) is 0.0870. The van der Waals surface area contributed by atoms with Crippen LogP contribution in [0, 0.1) is 6.92 Å². The van der Waals surface area contributed by atoms with Crippen LogP contribution in [0.3, 0.4) is 0 Å². The standard InChI is InChI=1S/C23H19ClN4O3S2/c1-15-22(16-2-6-18(24)7-3-16)27-21(32-15)14-26-23(29)17-4-8-20(9-5-17)33(30,31)28-19-10-12-25-13-11-19/h2-13H,14H2,1H3,(H,25,28)(H,26,29). The molecule has 2 heterocycles. The molecule has 33 heavy (non-hydrogen) atoms. The van der Waals surface area contributed by atoms with Crippen molar-refractivity contribution in [2.75, 3.05) is 4.72 Å². The second-order valence-corrected chi connectivity index (χ2v) is 10.5. The van der Waals surface area contributed by atoms with Gasteiger partial charge in [0.25, 0.3) is 15.9 Å². The average Bonchev–Trinajstić information content (AvgIpc) is 3.19. The van der Waals surface area contributed by atoms with E-state index in [1.807, 2.05) is 31.2 Å². The zero-order valence-electron chi connectivity index (χ0n) is 17.4. The molecule has 0 fully saturated rings. The van der Waals surface area contributed by atoms with Gasteiger partial charge in [-0.2, -0.15) is 0 Å². The van der Waals surface area contributed by atoms with Gasteiger partial charge in [-0.25, -0.2) is 13.4 Å². The summed E-state index contributed by atoms with van der Waals surface area (Å²) in [5.41, 5.74) is 2.58. The monoisotopic (exact) mass is 498 g/mol. The summed E-state index contributed by atoms with van der Waals surface area (Å²) in [4.78, 5) is 22.1. The van der Waals surface area contributed by atoms with E-state index in [9.17, 15) is 13.2 Å². The Hall–Kier alpha value is -3.27. The molecule has 2 aromatic carbocycles. The minimum Gasteiger partial charge on any atom is -0.346 e. The zero-order chi connectivity index (χ0) is 23.4. The van der Waals surface area contributed by atoms with E-state index in [0.29, 0.717) is 16.3 Å². The summed E-state index contributed by atoms with van der Waals surface area (Å²) in [5.74, 6) is -0.318. The minimum absolute atomic E-state index is 0.0546. The number of thiazole rings is 1. The van der Waals surface area contributed by atoms with Crippen LogP contribution in [0.15, 0.2) is 78.0 Å². The van der Waals surface area contributed by atoms with Gasteiger partial charge in [-0.15, -0.1) is 11.3 Å². The Balaban J connectivity index is 1.40. The molecule has 4 aromatic rings. The van der Waals surface area contributed by atoms with Crippen molar-refractivity contribution in [2.45, 2.75) is 18.4 Å². The highest BCUT2D eigenvalue weighted by Crippen LogP contribution is 2.28. The molecule has 10 heteroatoms. The molecule has 4 rings (SSSR count). The molecule has 0 aliphatic rings. The number of carbonyl (C=O) groups excluding carboxylic acids is 1. The number of anilines is 1. The van der Waals surface area contributed by atoms with Crippen molar-refractivity contribution in [3.8, 4) is 11.3 Å². The number of pyridine rings is 1. The average molecular weight is 499 g/mol. The van der Waals surface area contributed by atoms with Gasteiger partial charge in [-0.05, 0) is 55.5 Å². The predicted molar refractivity (Wildman–Crippen MR) is 130 cm³/mol. The number of nitrogens with one attached hydrogen (secondary N) is 2. The number of halogens is 1. The molecule has 0 bridgehead atoms. The number of aromatic nitrogens is 2. The number of hydrogen-bond donors (Lipinski definition) is 2. The highest BCUT2D eigenvalue weighted by Gasteiger charge is 2.16. The number of rotatable bonds is 7. The molecule has 0 saturated heterocycles. The third kappa shape index (κ3) is 5.57. The van der Waals surface area contributed by atoms with Gasteiger partial charge in [0.1, 0.15) is 5.01 Å². The molecule has 0 unspecified atom stereocenters. The van der Waals surface area contributed by atoms with Crippen LogP contribution >= 0.6 is 22.9 Å². The first-order valence-corrected chi connectivity index (χ1v) is 12.5. The maximum atomic E-state index is 12.5. The molecule has 7 nitrogen and oxygen atoms in total. The summed E-state index contributed by atoms with van der Waals surface area (Å²) in [6.45, 7) is 2.24. The first-order chi connectivity index (χ1) is 15.8. The van der Waals surface area contributed by atoms with Crippen molar-refractivity contribution in [2.24, 2.45) is 0 Å². The van der Waals surface area contributed by atoms with Crippen molar-refractivity contribution < 1.29 is 13.2 Å². The van der Waals surface area contributed by atoms with E-state index >= 15 is 0 Å². The molecule has 0 aliphatic heterocycles. The van der Waals surface area contributed by atoms with Crippen LogP contribution in [-0.4, -0.2) is 24.3 Å². The Kier molecular flexibility index (Phi) is 6.73. The first kappa shape index (κ1) is 22.9. The lowest BCUT2D eigenvalue weighted by molar-refractivity contribution is 0.0950. The van der Waals surface area contributed by atoms with Gasteiger partial charge >= 0.3 is 0 Å². The third-order valence-electron chi connectivity index (χ3n) is 4.72. The van der Waals surface area contributed by atoms with E-state index < -0.39 is 10.0 Å². The summed E-state index contributed by atoms with van der Waals surface area (Å²) in [5, 5.41) is 4.26. The highest BCUT2D eigenvalue weighted by molar-refractivity contribution is 7.92. The molecule has 1 amide bonds. The second-order valence-electron chi connectivity index (χ2n) is 7.07. The van der Waals surface area contributed by atoms with E-state index in [2.05, 4.69) is 20.0 Å². The summed E-state index contributed by atoms with van der Waals surface area (Å²) in [7, 11) is -3.77. The number of carbonyl (C=O) groups is 1. The Morgan fingerprint density at radius 2 is 1.67 bits per heavy atom. The summed E-state index contributed by atoms with van der Waals surface area (Å²) >= 11 is 7.46. The predicted octanol–water partition coefficient (Wildman–Crippen LogP) is 4.90. The van der Waals surface area contributed by atoms with Crippen molar-refractivity contribution in [3.63, 3.8) is 0 Å². The van der Waals surface area contributed by atoms with E-state index in [-0.39, 0.29) is 17.3 Å². The van der Waals surface area contributed by atoms with Crippen molar-refractivity contribution >= 4 is 44.6 Å². The third-order valence-corrected chi connectivity index (χ3v) is 7.34. The van der Waals surface area contributed by atoms with Crippen LogP contribution in [0.5, 0.6) is 0 Å². The lowest BCUT2D eigenvalue weighted by atomic mass is 10.1. The second kappa shape index (κ2) is 9.70. The number of aryl methyl sites for hydroxylation is 1. The van der Waals surface area contributed by atoms with E-state index in [1.165, 1.54) is 48.0 Å². The molecule has 0 spiro atoms. The van der Waals surface area contributed by atoms with E-state index in [1.54, 1.807) is 12.1 Å². The minimum atomic E-state index is -3.77. The summed E-state index contributed by atoms with van der Waals surface area (Å²) in [6.07, 6.45) is 2.99. The topological polar surface area (TPSA) is 101 Å². The van der Waals surface area contributed by atoms with Gasteiger partial charge < -0.3 is 5.32 Å². The Labute approximate surface area is 200 Å². The Morgan fingerprint density at radius 1 is 1.00 bits per heavy atom. The lowest BCUT2D eigenvalue weighted by Gasteiger charge is -2.08. The number of amides is 1. The maximum absolute atomic E-state index is 12.5. The van der Waals surface area contributed by atoms with Crippen LogP contribution in [-0.2, 0) is 16.6 Å². The molecule has 168 valence electrons. The number of benzene rings is 2. The van der Waals surface area contributed by atoms with Gasteiger partial charge in [-0.1, -0.05) is 23.7 Å². The maximum Gasteiger partial charge on any atom is 0.261 e. The Bertz CT molecular complexity index is 1370. The SMILES string of the molecule is Cc1sc(CNC(=O)c2ccc(S(=O)(=O)Nc3ccncc3)cc2)nc1-c1ccc(Cl)cc1. The normalized spacial score (nSPS) is 11.2. The fourth-order valence-corrected chi connectivity index (χ4v) is 5.16. The van der Waals surface area contributed by atoms with E-state index in [0.717, 1.165) is 21.1 Å². The molecule has 0 aliphatic carbocycles.